The van der Waals surface area contributed by atoms with E-state index in [2.05, 4.69) is 5.16 Å². The summed E-state index contributed by atoms with van der Waals surface area (Å²) < 4.78 is 12.7. The highest BCUT2D eigenvalue weighted by Crippen LogP contribution is 2.25. The second kappa shape index (κ2) is 3.62. The highest BCUT2D eigenvalue weighted by Gasteiger charge is 2.33. The molecule has 0 bridgehead atoms. The normalized spacial score (nSPS) is 24.9. The van der Waals surface area contributed by atoms with Gasteiger partial charge in [-0.25, -0.2) is 4.39 Å². The zero-order valence-corrected chi connectivity index (χ0v) is 8.53. The molecule has 1 aromatic rings. The van der Waals surface area contributed by atoms with E-state index in [1.807, 2.05) is 6.92 Å². The second-order valence-electron chi connectivity index (χ2n) is 3.97. The molecule has 0 saturated carbocycles. The average molecular weight is 208 g/mol. The number of hydrogen-bond acceptors (Lipinski definition) is 3. The Labute approximate surface area is 87.7 Å². The maximum atomic E-state index is 12.7. The molecule has 2 N–H and O–H groups in total. The quantitative estimate of drug-likeness (QED) is 0.803. The van der Waals surface area contributed by atoms with Crippen molar-refractivity contribution in [1.29, 1.82) is 0 Å². The van der Waals surface area contributed by atoms with Crippen LogP contribution in [-0.2, 0) is 4.84 Å². The summed E-state index contributed by atoms with van der Waals surface area (Å²) in [6.07, 6.45) is 0.662. The molecule has 1 unspecified atom stereocenters. The Morgan fingerprint density at radius 3 is 2.67 bits per heavy atom. The van der Waals surface area contributed by atoms with Gasteiger partial charge in [0, 0.05) is 13.0 Å². The molecule has 2 rings (SSSR count). The third-order valence-electron chi connectivity index (χ3n) is 2.53. The molecule has 80 valence electrons. The molecule has 0 amide bonds. The molecule has 15 heavy (non-hydrogen) atoms. The van der Waals surface area contributed by atoms with Gasteiger partial charge in [0.05, 0.1) is 5.71 Å². The van der Waals surface area contributed by atoms with Crippen LogP contribution < -0.4 is 5.73 Å². The van der Waals surface area contributed by atoms with E-state index in [1.165, 1.54) is 12.1 Å². The first-order valence-electron chi connectivity index (χ1n) is 4.84. The summed E-state index contributed by atoms with van der Waals surface area (Å²) in [5, 5.41) is 3.97. The molecule has 0 saturated heterocycles. The Kier molecular flexibility index (Phi) is 2.44. The summed E-state index contributed by atoms with van der Waals surface area (Å²) in [7, 11) is 0. The molecule has 3 nitrogen and oxygen atoms in total. The zero-order chi connectivity index (χ0) is 10.9. The van der Waals surface area contributed by atoms with E-state index in [4.69, 9.17) is 10.6 Å². The van der Waals surface area contributed by atoms with Crippen molar-refractivity contribution in [2.45, 2.75) is 18.9 Å². The third-order valence-corrected chi connectivity index (χ3v) is 2.53. The van der Waals surface area contributed by atoms with Crippen LogP contribution in [0.25, 0.3) is 0 Å². The molecule has 4 heteroatoms. The fraction of sp³-hybridized carbons (Fsp3) is 0.364. The maximum Gasteiger partial charge on any atom is 0.152 e. The molecule has 0 fully saturated rings. The molecule has 1 aromatic carbocycles. The van der Waals surface area contributed by atoms with Crippen LogP contribution in [0.4, 0.5) is 4.39 Å². The number of halogens is 1. The van der Waals surface area contributed by atoms with Crippen LogP contribution in [0.1, 0.15) is 18.9 Å². The number of nitrogens with two attached hydrogens (primary N) is 1. The van der Waals surface area contributed by atoms with E-state index >= 15 is 0 Å². The van der Waals surface area contributed by atoms with Crippen LogP contribution in [0.15, 0.2) is 29.4 Å². The van der Waals surface area contributed by atoms with Gasteiger partial charge >= 0.3 is 0 Å². The van der Waals surface area contributed by atoms with E-state index in [0.29, 0.717) is 13.0 Å². The van der Waals surface area contributed by atoms with E-state index in [1.54, 1.807) is 12.1 Å². The Hall–Kier alpha value is -1.42. The van der Waals surface area contributed by atoms with Crippen molar-refractivity contribution >= 4 is 5.71 Å². The van der Waals surface area contributed by atoms with Crippen molar-refractivity contribution < 1.29 is 9.23 Å². The average Bonchev–Trinajstić information content (AvgIpc) is 2.63. The lowest BCUT2D eigenvalue weighted by atomic mass is 9.96. The van der Waals surface area contributed by atoms with Crippen molar-refractivity contribution in [2.75, 3.05) is 6.54 Å². The van der Waals surface area contributed by atoms with Crippen LogP contribution in [-0.4, -0.2) is 17.9 Å². The molecule has 0 aromatic heterocycles. The highest BCUT2D eigenvalue weighted by atomic mass is 19.1. The van der Waals surface area contributed by atoms with Gasteiger partial charge in [-0.05, 0) is 24.6 Å². The topological polar surface area (TPSA) is 47.6 Å². The summed E-state index contributed by atoms with van der Waals surface area (Å²) in [6, 6.07) is 6.21. The van der Waals surface area contributed by atoms with Gasteiger partial charge in [0.25, 0.3) is 0 Å². The fourth-order valence-corrected chi connectivity index (χ4v) is 1.49. The van der Waals surface area contributed by atoms with Crippen molar-refractivity contribution in [2.24, 2.45) is 10.9 Å². The predicted octanol–water partition coefficient (Wildman–Crippen LogP) is 1.67. The van der Waals surface area contributed by atoms with Gasteiger partial charge < -0.3 is 10.6 Å². The molecule has 1 atom stereocenters. The molecule has 1 aliphatic heterocycles. The first kappa shape index (κ1) is 10.1. The minimum atomic E-state index is -0.413. The van der Waals surface area contributed by atoms with Gasteiger partial charge in [0.1, 0.15) is 5.82 Å². The summed E-state index contributed by atoms with van der Waals surface area (Å²) in [4.78, 5) is 5.26. The SMILES string of the molecule is CC1(CN)CC(c2ccc(F)cc2)=NO1. The predicted molar refractivity (Wildman–Crippen MR) is 56.1 cm³/mol. The van der Waals surface area contributed by atoms with Crippen molar-refractivity contribution in [3.05, 3.63) is 35.6 Å². The lowest BCUT2D eigenvalue weighted by Gasteiger charge is -2.17. The molecule has 1 heterocycles. The fourth-order valence-electron chi connectivity index (χ4n) is 1.49. The third kappa shape index (κ3) is 1.99. The van der Waals surface area contributed by atoms with Crippen LogP contribution in [0.3, 0.4) is 0 Å². The maximum absolute atomic E-state index is 12.7. The number of oxime groups is 1. The van der Waals surface area contributed by atoms with E-state index in [0.717, 1.165) is 11.3 Å². The minimum Gasteiger partial charge on any atom is -0.387 e. The molecule has 0 aliphatic carbocycles. The Balaban J connectivity index is 2.17. The number of rotatable bonds is 2. The largest absolute Gasteiger partial charge is 0.387 e. The lowest BCUT2D eigenvalue weighted by Crippen LogP contribution is -2.34. The van der Waals surface area contributed by atoms with Crippen molar-refractivity contribution in [3.63, 3.8) is 0 Å². The summed E-state index contributed by atoms with van der Waals surface area (Å²) in [5.74, 6) is -0.250. The highest BCUT2D eigenvalue weighted by molar-refractivity contribution is 6.01. The Morgan fingerprint density at radius 1 is 1.47 bits per heavy atom. The lowest BCUT2D eigenvalue weighted by molar-refractivity contribution is 0.00422. The minimum absolute atomic E-state index is 0.250. The van der Waals surface area contributed by atoms with Crippen LogP contribution in [0.2, 0.25) is 0 Å². The van der Waals surface area contributed by atoms with Gasteiger partial charge in [0.2, 0.25) is 0 Å². The molecule has 0 spiro atoms. The van der Waals surface area contributed by atoms with Crippen LogP contribution in [0.5, 0.6) is 0 Å². The van der Waals surface area contributed by atoms with E-state index < -0.39 is 5.60 Å². The number of benzene rings is 1. The number of hydrogen-bond donors (Lipinski definition) is 1. The van der Waals surface area contributed by atoms with Crippen molar-refractivity contribution in [3.8, 4) is 0 Å². The van der Waals surface area contributed by atoms with Gasteiger partial charge in [-0.1, -0.05) is 17.3 Å². The van der Waals surface area contributed by atoms with Gasteiger partial charge in [-0.2, -0.15) is 0 Å². The molecular formula is C11H13FN2O. The van der Waals surface area contributed by atoms with E-state index in [-0.39, 0.29) is 5.82 Å². The van der Waals surface area contributed by atoms with Crippen LogP contribution >= 0.6 is 0 Å². The smallest absolute Gasteiger partial charge is 0.152 e. The van der Waals surface area contributed by atoms with E-state index in [9.17, 15) is 4.39 Å². The monoisotopic (exact) mass is 208 g/mol. The first-order chi connectivity index (χ1) is 7.13. The molecule has 0 radical (unpaired) electrons. The molecular weight excluding hydrogens is 195 g/mol. The summed E-state index contributed by atoms with van der Waals surface area (Å²) in [5.41, 5.74) is 6.87. The Morgan fingerprint density at radius 2 is 2.13 bits per heavy atom. The summed E-state index contributed by atoms with van der Waals surface area (Å²) in [6.45, 7) is 2.33. The number of nitrogens with zero attached hydrogens (tertiary/aromatic N) is 1. The Bertz CT molecular complexity index is 388. The van der Waals surface area contributed by atoms with Gasteiger partial charge in [-0.15, -0.1) is 0 Å². The first-order valence-corrected chi connectivity index (χ1v) is 4.84. The van der Waals surface area contributed by atoms with Crippen molar-refractivity contribution in [1.82, 2.24) is 0 Å². The zero-order valence-electron chi connectivity index (χ0n) is 8.53. The summed E-state index contributed by atoms with van der Waals surface area (Å²) >= 11 is 0. The standard InChI is InChI=1S/C11H13FN2O/c1-11(7-13)6-10(14-15-11)8-2-4-9(12)5-3-8/h2-5H,6-7,13H2,1H3. The van der Waals surface area contributed by atoms with Gasteiger partial charge in [0.15, 0.2) is 5.60 Å². The second-order valence-corrected chi connectivity index (χ2v) is 3.97. The molecule has 1 aliphatic rings. The van der Waals surface area contributed by atoms with Crippen LogP contribution in [0, 0.1) is 5.82 Å². The van der Waals surface area contributed by atoms with Gasteiger partial charge in [-0.3, -0.25) is 0 Å².